The van der Waals surface area contributed by atoms with E-state index in [1.165, 1.54) is 18.4 Å². The lowest BCUT2D eigenvalue weighted by Gasteiger charge is -2.31. The Hall–Kier alpha value is -2.60. The van der Waals surface area contributed by atoms with Gasteiger partial charge in [-0.1, -0.05) is 12.1 Å². The van der Waals surface area contributed by atoms with Gasteiger partial charge in [0, 0.05) is 50.3 Å². The van der Waals surface area contributed by atoms with Crippen LogP contribution in [0.1, 0.15) is 36.6 Å². The van der Waals surface area contributed by atoms with E-state index in [2.05, 4.69) is 42.6 Å². The lowest BCUT2D eigenvalue weighted by molar-refractivity contribution is 0.196. The van der Waals surface area contributed by atoms with Crippen LogP contribution < -0.4 is 4.74 Å². The third-order valence-corrected chi connectivity index (χ3v) is 5.10. The maximum absolute atomic E-state index is 5.95. The molecule has 142 valence electrons. The van der Waals surface area contributed by atoms with Gasteiger partial charge in [0.15, 0.2) is 0 Å². The number of nitrogens with one attached hydrogen (secondary N) is 1. The van der Waals surface area contributed by atoms with E-state index in [1.54, 1.807) is 6.20 Å². The van der Waals surface area contributed by atoms with Crippen LogP contribution in [0.3, 0.4) is 0 Å². The van der Waals surface area contributed by atoms with Gasteiger partial charge in [0.05, 0.1) is 12.9 Å². The monoisotopic (exact) mass is 365 g/mol. The van der Waals surface area contributed by atoms with Crippen molar-refractivity contribution in [2.75, 3.05) is 19.7 Å². The number of ether oxygens (including phenoxy) is 1. The molecule has 1 aromatic carbocycles. The van der Waals surface area contributed by atoms with Crippen molar-refractivity contribution in [1.82, 2.24) is 24.4 Å². The molecule has 0 radical (unpaired) electrons. The summed E-state index contributed by atoms with van der Waals surface area (Å²) in [5.74, 6) is 2.59. The van der Waals surface area contributed by atoms with Gasteiger partial charge >= 0.3 is 0 Å². The fourth-order valence-electron chi connectivity index (χ4n) is 3.77. The Morgan fingerprint density at radius 2 is 2.26 bits per heavy atom. The van der Waals surface area contributed by atoms with Crippen LogP contribution in [0.4, 0.5) is 0 Å². The Bertz CT molecular complexity index is 800. The lowest BCUT2D eigenvalue weighted by Crippen LogP contribution is -2.34. The van der Waals surface area contributed by atoms with Crippen molar-refractivity contribution in [3.05, 3.63) is 66.8 Å². The third kappa shape index (κ3) is 4.98. The molecule has 3 aromatic rings. The Morgan fingerprint density at radius 3 is 3.11 bits per heavy atom. The molecule has 0 bridgehead atoms. The van der Waals surface area contributed by atoms with Crippen LogP contribution >= 0.6 is 0 Å². The first-order valence-corrected chi connectivity index (χ1v) is 9.76. The van der Waals surface area contributed by atoms with Crippen molar-refractivity contribution in [2.45, 2.75) is 38.3 Å². The van der Waals surface area contributed by atoms with Gasteiger partial charge < -0.3 is 14.3 Å². The zero-order valence-electron chi connectivity index (χ0n) is 15.6. The van der Waals surface area contributed by atoms with Crippen molar-refractivity contribution >= 4 is 0 Å². The minimum Gasteiger partial charge on any atom is -0.494 e. The van der Waals surface area contributed by atoms with Crippen molar-refractivity contribution in [3.63, 3.8) is 0 Å². The summed E-state index contributed by atoms with van der Waals surface area (Å²) < 4.78 is 8.02. The van der Waals surface area contributed by atoms with Gasteiger partial charge in [0.25, 0.3) is 0 Å². The first-order chi connectivity index (χ1) is 13.4. The van der Waals surface area contributed by atoms with E-state index in [1.807, 2.05) is 31.0 Å². The highest BCUT2D eigenvalue weighted by atomic mass is 16.5. The Balaban J connectivity index is 1.27. The molecule has 1 aliphatic rings. The number of piperidine rings is 1. The average molecular weight is 365 g/mol. The summed E-state index contributed by atoms with van der Waals surface area (Å²) in [6.07, 6.45) is 12.8. The fourth-order valence-corrected chi connectivity index (χ4v) is 3.77. The molecule has 1 N–H and O–H groups in total. The van der Waals surface area contributed by atoms with Gasteiger partial charge in [0.2, 0.25) is 0 Å². The molecule has 1 aliphatic heterocycles. The summed E-state index contributed by atoms with van der Waals surface area (Å²) in [6.45, 7) is 4.81. The number of aromatic amines is 1. The van der Waals surface area contributed by atoms with E-state index in [4.69, 9.17) is 4.74 Å². The third-order valence-electron chi connectivity index (χ3n) is 5.10. The standard InChI is InChI=1S/C21H27N5O/c1-4-18(14-20(6-1)27-13-3-11-25-12-9-22-17-25)15-26-10-2-5-19(16-26)21-23-7-8-24-21/h1,4,6-9,12,14,17,19H,2-3,5,10-11,13,15-16H2,(H,23,24). The number of hydrogen-bond acceptors (Lipinski definition) is 4. The minimum atomic E-state index is 0.511. The van der Waals surface area contributed by atoms with Gasteiger partial charge in [-0.05, 0) is 43.5 Å². The van der Waals surface area contributed by atoms with E-state index >= 15 is 0 Å². The number of rotatable bonds is 8. The first kappa shape index (κ1) is 17.8. The second-order valence-corrected chi connectivity index (χ2v) is 7.20. The lowest BCUT2D eigenvalue weighted by atomic mass is 9.97. The zero-order valence-corrected chi connectivity index (χ0v) is 15.6. The smallest absolute Gasteiger partial charge is 0.119 e. The number of likely N-dealkylation sites (tertiary alicyclic amines) is 1. The summed E-state index contributed by atoms with van der Waals surface area (Å²) in [4.78, 5) is 14.3. The highest BCUT2D eigenvalue weighted by Gasteiger charge is 2.22. The largest absolute Gasteiger partial charge is 0.494 e. The second-order valence-electron chi connectivity index (χ2n) is 7.20. The molecule has 4 rings (SSSR count). The summed E-state index contributed by atoms with van der Waals surface area (Å²) in [7, 11) is 0. The van der Waals surface area contributed by atoms with Crippen LogP contribution in [0.25, 0.3) is 0 Å². The van der Waals surface area contributed by atoms with Gasteiger partial charge in [-0.3, -0.25) is 4.90 Å². The number of imidazole rings is 2. The maximum atomic E-state index is 5.95. The van der Waals surface area contributed by atoms with Gasteiger partial charge in [-0.2, -0.15) is 0 Å². The molecule has 3 heterocycles. The fraction of sp³-hybridized carbons (Fsp3) is 0.429. The molecule has 6 nitrogen and oxygen atoms in total. The Morgan fingerprint density at radius 1 is 1.26 bits per heavy atom. The van der Waals surface area contributed by atoms with E-state index in [0.717, 1.165) is 44.2 Å². The molecule has 0 spiro atoms. The number of nitrogens with zero attached hydrogens (tertiary/aromatic N) is 4. The van der Waals surface area contributed by atoms with Crippen LogP contribution in [0.2, 0.25) is 0 Å². The quantitative estimate of drug-likeness (QED) is 0.621. The number of aryl methyl sites for hydroxylation is 1. The molecule has 1 unspecified atom stereocenters. The molecular formula is C21H27N5O. The Labute approximate surface area is 160 Å². The molecule has 1 atom stereocenters. The molecular weight excluding hydrogens is 338 g/mol. The number of hydrogen-bond donors (Lipinski definition) is 1. The van der Waals surface area contributed by atoms with Gasteiger partial charge in [0.1, 0.15) is 11.6 Å². The molecule has 1 saturated heterocycles. The topological polar surface area (TPSA) is 59.0 Å². The van der Waals surface area contributed by atoms with Crippen molar-refractivity contribution in [2.24, 2.45) is 0 Å². The average Bonchev–Trinajstić information content (AvgIpc) is 3.40. The number of benzene rings is 1. The highest BCUT2D eigenvalue weighted by molar-refractivity contribution is 5.28. The molecule has 0 amide bonds. The molecule has 27 heavy (non-hydrogen) atoms. The summed E-state index contributed by atoms with van der Waals surface area (Å²) >= 11 is 0. The molecule has 2 aromatic heterocycles. The zero-order chi connectivity index (χ0) is 18.3. The van der Waals surface area contributed by atoms with Crippen LogP contribution in [-0.2, 0) is 13.1 Å². The Kier molecular flexibility index (Phi) is 5.84. The molecule has 1 fully saturated rings. The molecule has 0 aliphatic carbocycles. The predicted molar refractivity (Wildman–Crippen MR) is 105 cm³/mol. The van der Waals surface area contributed by atoms with Crippen LogP contribution in [0.15, 0.2) is 55.4 Å². The highest BCUT2D eigenvalue weighted by Crippen LogP contribution is 2.26. The minimum absolute atomic E-state index is 0.511. The van der Waals surface area contributed by atoms with Crippen molar-refractivity contribution in [3.8, 4) is 5.75 Å². The van der Waals surface area contributed by atoms with Crippen LogP contribution in [0.5, 0.6) is 5.75 Å². The molecule has 6 heteroatoms. The van der Waals surface area contributed by atoms with Crippen molar-refractivity contribution < 1.29 is 4.74 Å². The van der Waals surface area contributed by atoms with Crippen molar-refractivity contribution in [1.29, 1.82) is 0 Å². The predicted octanol–water partition coefficient (Wildman–Crippen LogP) is 3.45. The number of H-pyrrole nitrogens is 1. The van der Waals surface area contributed by atoms with E-state index in [0.29, 0.717) is 12.5 Å². The summed E-state index contributed by atoms with van der Waals surface area (Å²) in [5.41, 5.74) is 1.31. The van der Waals surface area contributed by atoms with E-state index in [-0.39, 0.29) is 0 Å². The summed E-state index contributed by atoms with van der Waals surface area (Å²) in [5, 5.41) is 0. The SMILES string of the molecule is c1cc(CN2CCCC(c3ncc[nH]3)C2)cc(OCCCn2ccnc2)c1. The first-order valence-electron chi connectivity index (χ1n) is 9.76. The van der Waals surface area contributed by atoms with Gasteiger partial charge in [-0.15, -0.1) is 0 Å². The van der Waals surface area contributed by atoms with E-state index in [9.17, 15) is 0 Å². The summed E-state index contributed by atoms with van der Waals surface area (Å²) in [6, 6.07) is 8.50. The van der Waals surface area contributed by atoms with Gasteiger partial charge in [-0.25, -0.2) is 9.97 Å². The second kappa shape index (κ2) is 8.86. The number of aromatic nitrogens is 4. The van der Waals surface area contributed by atoms with E-state index < -0.39 is 0 Å². The van der Waals surface area contributed by atoms with Crippen LogP contribution in [-0.4, -0.2) is 44.1 Å². The molecule has 0 saturated carbocycles. The van der Waals surface area contributed by atoms with Crippen LogP contribution in [0, 0.1) is 0 Å². The normalized spacial score (nSPS) is 17.9. The maximum Gasteiger partial charge on any atom is 0.119 e.